The Labute approximate surface area is 190 Å². The molecule has 1 aromatic heterocycles. The van der Waals surface area contributed by atoms with E-state index in [9.17, 15) is 18.4 Å². The number of para-hydroxylation sites is 2. The second kappa shape index (κ2) is 8.92. The van der Waals surface area contributed by atoms with Gasteiger partial charge in [0.2, 0.25) is 5.91 Å². The highest BCUT2D eigenvalue weighted by atomic mass is 19.1. The van der Waals surface area contributed by atoms with Gasteiger partial charge in [-0.25, -0.2) is 13.8 Å². The number of aromatic nitrogens is 2. The van der Waals surface area contributed by atoms with Crippen molar-refractivity contribution in [3.8, 4) is 0 Å². The highest BCUT2D eigenvalue weighted by Crippen LogP contribution is 2.29. The standard InChI is InChI=1S/C25H26F2N4O2/c26-18-7-8-19(20(27)14-18)25(33)30-12-9-16(10-13-30)24(32)31-11-3-4-17(15-31)23-28-21-5-1-2-6-22(21)29-23/h1-2,5-8,14,16-17H,3-4,9-13,15H2,(H,28,29). The number of fused-ring (bicyclic) bond motifs is 1. The second-order valence-corrected chi connectivity index (χ2v) is 8.95. The zero-order chi connectivity index (χ0) is 22.9. The van der Waals surface area contributed by atoms with E-state index < -0.39 is 17.5 Å². The van der Waals surface area contributed by atoms with E-state index >= 15 is 0 Å². The van der Waals surface area contributed by atoms with Crippen molar-refractivity contribution in [1.82, 2.24) is 19.8 Å². The van der Waals surface area contributed by atoms with Gasteiger partial charge < -0.3 is 14.8 Å². The van der Waals surface area contributed by atoms with E-state index in [1.54, 1.807) is 4.90 Å². The molecule has 5 rings (SSSR count). The molecule has 0 spiro atoms. The van der Waals surface area contributed by atoms with Crippen molar-refractivity contribution in [2.75, 3.05) is 26.2 Å². The van der Waals surface area contributed by atoms with Gasteiger partial charge in [-0.15, -0.1) is 0 Å². The van der Waals surface area contributed by atoms with Gasteiger partial charge in [0.05, 0.1) is 16.6 Å². The van der Waals surface area contributed by atoms with Gasteiger partial charge in [0, 0.05) is 44.1 Å². The number of carbonyl (C=O) groups is 2. The highest BCUT2D eigenvalue weighted by Gasteiger charge is 2.34. The number of piperidine rings is 2. The lowest BCUT2D eigenvalue weighted by molar-refractivity contribution is -0.138. The first-order valence-corrected chi connectivity index (χ1v) is 11.5. The van der Waals surface area contributed by atoms with Crippen LogP contribution < -0.4 is 0 Å². The number of carbonyl (C=O) groups excluding carboxylic acids is 2. The molecule has 0 bridgehead atoms. The number of H-pyrrole nitrogens is 1. The summed E-state index contributed by atoms with van der Waals surface area (Å²) in [6.45, 7) is 2.13. The fourth-order valence-electron chi connectivity index (χ4n) is 4.99. The minimum atomic E-state index is -0.858. The van der Waals surface area contributed by atoms with Crippen molar-refractivity contribution in [2.24, 2.45) is 5.92 Å². The third-order valence-electron chi connectivity index (χ3n) is 6.82. The second-order valence-electron chi connectivity index (χ2n) is 8.95. The molecule has 2 amide bonds. The van der Waals surface area contributed by atoms with Crippen LogP contribution in [0.1, 0.15) is 47.8 Å². The number of benzene rings is 2. The van der Waals surface area contributed by atoms with Crippen LogP contribution >= 0.6 is 0 Å². The summed E-state index contributed by atoms with van der Waals surface area (Å²) in [7, 11) is 0. The fourth-order valence-corrected chi connectivity index (χ4v) is 4.99. The molecule has 2 fully saturated rings. The van der Waals surface area contributed by atoms with E-state index in [1.165, 1.54) is 6.07 Å². The van der Waals surface area contributed by atoms with Gasteiger partial charge in [-0.05, 0) is 49.9 Å². The van der Waals surface area contributed by atoms with Crippen molar-refractivity contribution in [1.29, 1.82) is 0 Å². The van der Waals surface area contributed by atoms with Gasteiger partial charge in [0.25, 0.3) is 5.91 Å². The van der Waals surface area contributed by atoms with Crippen molar-refractivity contribution in [3.63, 3.8) is 0 Å². The van der Waals surface area contributed by atoms with Crippen LogP contribution in [0, 0.1) is 17.6 Å². The molecule has 1 N–H and O–H groups in total. The summed E-state index contributed by atoms with van der Waals surface area (Å²) in [5, 5.41) is 0. The molecule has 172 valence electrons. The van der Waals surface area contributed by atoms with Gasteiger partial charge >= 0.3 is 0 Å². The third-order valence-corrected chi connectivity index (χ3v) is 6.82. The first kappa shape index (κ1) is 21.6. The number of hydrogen-bond donors (Lipinski definition) is 1. The molecule has 8 heteroatoms. The minimum absolute atomic E-state index is 0.121. The summed E-state index contributed by atoms with van der Waals surface area (Å²) in [5.74, 6) is -0.952. The number of likely N-dealkylation sites (tertiary alicyclic amines) is 2. The van der Waals surface area contributed by atoms with Crippen LogP contribution in [0.4, 0.5) is 8.78 Å². The third kappa shape index (κ3) is 4.34. The molecule has 2 aliphatic rings. The normalized spacial score (nSPS) is 19.8. The van der Waals surface area contributed by atoms with Gasteiger partial charge in [-0.3, -0.25) is 9.59 Å². The first-order valence-electron chi connectivity index (χ1n) is 11.5. The average Bonchev–Trinajstić information content (AvgIpc) is 3.28. The lowest BCUT2D eigenvalue weighted by Gasteiger charge is -2.37. The van der Waals surface area contributed by atoms with Crippen molar-refractivity contribution < 1.29 is 18.4 Å². The summed E-state index contributed by atoms with van der Waals surface area (Å²) < 4.78 is 27.1. The van der Waals surface area contributed by atoms with E-state index in [-0.39, 0.29) is 23.3 Å². The molecule has 0 radical (unpaired) electrons. The first-order chi connectivity index (χ1) is 16.0. The molecule has 2 aliphatic heterocycles. The van der Waals surface area contributed by atoms with Crippen LogP contribution in [0.25, 0.3) is 11.0 Å². The lowest BCUT2D eigenvalue weighted by atomic mass is 9.91. The van der Waals surface area contributed by atoms with Crippen LogP contribution in [0.3, 0.4) is 0 Å². The molecular weight excluding hydrogens is 426 g/mol. The average molecular weight is 453 g/mol. The zero-order valence-electron chi connectivity index (χ0n) is 18.3. The van der Waals surface area contributed by atoms with E-state index in [0.29, 0.717) is 32.5 Å². The number of halogens is 2. The molecule has 3 heterocycles. The quantitative estimate of drug-likeness (QED) is 0.651. The van der Waals surface area contributed by atoms with E-state index in [4.69, 9.17) is 4.98 Å². The van der Waals surface area contributed by atoms with Crippen LogP contribution in [0.15, 0.2) is 42.5 Å². The molecule has 1 atom stereocenters. The smallest absolute Gasteiger partial charge is 0.256 e. The predicted molar refractivity (Wildman–Crippen MR) is 120 cm³/mol. The molecule has 6 nitrogen and oxygen atoms in total. The Morgan fingerprint density at radius 1 is 0.970 bits per heavy atom. The zero-order valence-corrected chi connectivity index (χ0v) is 18.3. The van der Waals surface area contributed by atoms with E-state index in [0.717, 1.165) is 48.4 Å². The minimum Gasteiger partial charge on any atom is -0.342 e. The predicted octanol–water partition coefficient (Wildman–Crippen LogP) is 4.10. The number of nitrogens with zero attached hydrogens (tertiary/aromatic N) is 3. The summed E-state index contributed by atoms with van der Waals surface area (Å²) in [6, 6.07) is 10.9. The number of hydrogen-bond acceptors (Lipinski definition) is 3. The number of imidazole rings is 1. The topological polar surface area (TPSA) is 69.3 Å². The van der Waals surface area contributed by atoms with Crippen molar-refractivity contribution in [3.05, 3.63) is 65.5 Å². The SMILES string of the molecule is O=C(c1ccc(F)cc1F)N1CCC(C(=O)N2CCCC(c3nc4ccccc4[nH]3)C2)CC1. The molecule has 2 saturated heterocycles. The van der Waals surface area contributed by atoms with Gasteiger partial charge in [0.15, 0.2) is 0 Å². The van der Waals surface area contributed by atoms with Crippen molar-refractivity contribution in [2.45, 2.75) is 31.6 Å². The molecule has 1 unspecified atom stereocenters. The molecule has 2 aromatic carbocycles. The summed E-state index contributed by atoms with van der Waals surface area (Å²) in [4.78, 5) is 37.5. The number of amides is 2. The van der Waals surface area contributed by atoms with E-state index in [1.807, 2.05) is 29.2 Å². The van der Waals surface area contributed by atoms with Gasteiger partial charge in [-0.1, -0.05) is 12.1 Å². The van der Waals surface area contributed by atoms with E-state index in [2.05, 4.69) is 4.98 Å². The van der Waals surface area contributed by atoms with Gasteiger partial charge in [0.1, 0.15) is 17.5 Å². The molecule has 0 saturated carbocycles. The summed E-state index contributed by atoms with van der Waals surface area (Å²) in [5.41, 5.74) is 1.81. The molecule has 0 aliphatic carbocycles. The van der Waals surface area contributed by atoms with Crippen LogP contribution in [0.2, 0.25) is 0 Å². The lowest BCUT2D eigenvalue weighted by Crippen LogP contribution is -2.47. The number of nitrogens with one attached hydrogen (secondary N) is 1. The monoisotopic (exact) mass is 452 g/mol. The van der Waals surface area contributed by atoms with Crippen LogP contribution in [-0.2, 0) is 4.79 Å². The highest BCUT2D eigenvalue weighted by molar-refractivity contribution is 5.94. The largest absolute Gasteiger partial charge is 0.342 e. The number of aromatic amines is 1. The molecular formula is C25H26F2N4O2. The summed E-state index contributed by atoms with van der Waals surface area (Å²) >= 11 is 0. The summed E-state index contributed by atoms with van der Waals surface area (Å²) in [6.07, 6.45) is 2.99. The molecule has 3 aromatic rings. The Balaban J connectivity index is 1.20. The number of rotatable bonds is 3. The molecule has 33 heavy (non-hydrogen) atoms. The van der Waals surface area contributed by atoms with Crippen LogP contribution in [-0.4, -0.2) is 57.8 Å². The maximum absolute atomic E-state index is 14.0. The Hall–Kier alpha value is -3.29. The maximum Gasteiger partial charge on any atom is 0.256 e. The maximum atomic E-state index is 14.0. The Morgan fingerprint density at radius 2 is 1.76 bits per heavy atom. The Morgan fingerprint density at radius 3 is 2.52 bits per heavy atom. The Bertz CT molecular complexity index is 1150. The van der Waals surface area contributed by atoms with Crippen LogP contribution in [0.5, 0.6) is 0 Å². The van der Waals surface area contributed by atoms with Crippen molar-refractivity contribution >= 4 is 22.8 Å². The fraction of sp³-hybridized carbons (Fsp3) is 0.400. The Kier molecular flexibility index (Phi) is 5.83. The van der Waals surface area contributed by atoms with Gasteiger partial charge in [-0.2, -0.15) is 0 Å².